The van der Waals surface area contributed by atoms with Crippen LogP contribution in [0, 0.1) is 6.92 Å². The van der Waals surface area contributed by atoms with E-state index in [-0.39, 0.29) is 29.8 Å². The number of carbonyl (C=O) groups is 3. The number of hydrogen-bond acceptors (Lipinski definition) is 7. The minimum absolute atomic E-state index is 0.0835. The normalized spacial score (nSPS) is 18.4. The van der Waals surface area contributed by atoms with Crippen molar-refractivity contribution in [3.8, 4) is 0 Å². The Morgan fingerprint density at radius 1 is 1.08 bits per heavy atom. The second-order valence-corrected chi connectivity index (χ2v) is 10.7. The molecular weight excluding hydrogens is 480 g/mol. The minimum atomic E-state index is -0.695. The van der Waals surface area contributed by atoms with Crippen molar-refractivity contribution < 1.29 is 14.4 Å². The van der Waals surface area contributed by atoms with Gasteiger partial charge in [-0.15, -0.1) is 11.3 Å². The van der Waals surface area contributed by atoms with Gasteiger partial charge in [0.25, 0.3) is 11.5 Å². The van der Waals surface area contributed by atoms with Crippen LogP contribution in [0.5, 0.6) is 0 Å². The first kappa shape index (κ1) is 26.3. The molecule has 0 saturated carbocycles. The zero-order valence-electron chi connectivity index (χ0n) is 21.4. The third-order valence-corrected chi connectivity index (χ3v) is 9.02. The summed E-state index contributed by atoms with van der Waals surface area (Å²) in [6.45, 7) is 9.20. The molecule has 4 rings (SSSR count). The van der Waals surface area contributed by atoms with Crippen LogP contribution in [0.15, 0.2) is 11.1 Å². The average molecular weight is 517 g/mol. The number of thiophene rings is 1. The summed E-state index contributed by atoms with van der Waals surface area (Å²) in [6, 6.07) is 0. The van der Waals surface area contributed by atoms with E-state index >= 15 is 0 Å². The van der Waals surface area contributed by atoms with E-state index in [1.165, 1.54) is 28.7 Å². The largest absolute Gasteiger partial charge is 0.368 e. The van der Waals surface area contributed by atoms with Crippen LogP contribution < -0.4 is 11.3 Å². The van der Waals surface area contributed by atoms with Gasteiger partial charge in [-0.25, -0.2) is 4.98 Å². The molecule has 0 atom stereocenters. The lowest BCUT2D eigenvalue weighted by Crippen LogP contribution is -2.63. The fraction of sp³-hybridized carbons (Fsp3) is 0.640. The number of aromatic nitrogens is 2. The number of likely N-dealkylation sites (N-methyl/N-ethyl adjacent to an activating group) is 1. The summed E-state index contributed by atoms with van der Waals surface area (Å²) in [6.07, 6.45) is 5.69. The Hall–Kier alpha value is -2.79. The van der Waals surface area contributed by atoms with Crippen LogP contribution in [0.1, 0.15) is 61.2 Å². The van der Waals surface area contributed by atoms with Crippen LogP contribution in [0.4, 0.5) is 0 Å². The standard InChI is InChI=1S/C25H36N6O4S/c1-4-28(5-2)18(32)15-30-16-27-21-19(22(30)33)17(3)20(36-21)23(34)29-13-9-25(10-14-29,24(26)35)31-11-7-6-8-12-31/h16H,4-15H2,1-3H3,(H2,26,35). The predicted molar refractivity (Wildman–Crippen MR) is 139 cm³/mol. The number of rotatable bonds is 7. The van der Waals surface area contributed by atoms with Gasteiger partial charge in [-0.1, -0.05) is 6.42 Å². The topological polar surface area (TPSA) is 122 Å². The maximum atomic E-state index is 13.5. The van der Waals surface area contributed by atoms with Gasteiger partial charge >= 0.3 is 0 Å². The number of fused-ring (bicyclic) bond motifs is 1. The van der Waals surface area contributed by atoms with Crippen molar-refractivity contribution in [1.82, 2.24) is 24.3 Å². The van der Waals surface area contributed by atoms with Gasteiger partial charge in [-0.3, -0.25) is 28.6 Å². The molecule has 10 nitrogen and oxygen atoms in total. The molecule has 196 valence electrons. The third kappa shape index (κ3) is 4.66. The van der Waals surface area contributed by atoms with Crippen LogP contribution in [0.2, 0.25) is 0 Å². The van der Waals surface area contributed by atoms with Crippen LogP contribution in [-0.4, -0.2) is 86.8 Å². The number of aryl methyl sites for hydroxylation is 1. The highest BCUT2D eigenvalue weighted by molar-refractivity contribution is 7.20. The molecule has 4 heterocycles. The molecule has 2 saturated heterocycles. The highest BCUT2D eigenvalue weighted by Crippen LogP contribution is 2.34. The van der Waals surface area contributed by atoms with Crippen molar-refractivity contribution in [2.24, 2.45) is 5.73 Å². The Kier molecular flexibility index (Phi) is 7.79. The summed E-state index contributed by atoms with van der Waals surface area (Å²) in [5.41, 5.74) is 5.47. The van der Waals surface area contributed by atoms with E-state index in [1.807, 2.05) is 13.8 Å². The van der Waals surface area contributed by atoms with Gasteiger partial charge in [0.05, 0.1) is 16.6 Å². The molecule has 36 heavy (non-hydrogen) atoms. The smallest absolute Gasteiger partial charge is 0.264 e. The van der Waals surface area contributed by atoms with Crippen molar-refractivity contribution in [1.29, 1.82) is 0 Å². The highest BCUT2D eigenvalue weighted by atomic mass is 32.1. The molecule has 2 N–H and O–H groups in total. The molecule has 2 aromatic rings. The van der Waals surface area contributed by atoms with E-state index in [4.69, 9.17) is 5.73 Å². The average Bonchev–Trinajstić information content (AvgIpc) is 3.23. The number of amides is 3. The molecule has 2 aromatic heterocycles. The van der Waals surface area contributed by atoms with Crippen molar-refractivity contribution in [2.75, 3.05) is 39.3 Å². The molecule has 2 fully saturated rings. The predicted octanol–water partition coefficient (Wildman–Crippen LogP) is 1.58. The fourth-order valence-electron chi connectivity index (χ4n) is 5.56. The molecule has 0 radical (unpaired) electrons. The number of nitrogens with two attached hydrogens (primary N) is 1. The van der Waals surface area contributed by atoms with Crippen molar-refractivity contribution >= 4 is 39.3 Å². The summed E-state index contributed by atoms with van der Waals surface area (Å²) in [7, 11) is 0. The van der Waals surface area contributed by atoms with Crippen LogP contribution in [0.3, 0.4) is 0 Å². The van der Waals surface area contributed by atoms with Crippen molar-refractivity contribution in [3.05, 3.63) is 27.1 Å². The SMILES string of the molecule is CCN(CC)C(=O)Cn1cnc2sc(C(=O)N3CCC(C(N)=O)(N4CCCCC4)CC3)c(C)c2c1=O. The molecule has 0 aromatic carbocycles. The maximum Gasteiger partial charge on any atom is 0.264 e. The lowest BCUT2D eigenvalue weighted by Gasteiger charge is -2.48. The number of piperidine rings is 2. The summed E-state index contributed by atoms with van der Waals surface area (Å²) in [4.78, 5) is 62.8. The first-order valence-corrected chi connectivity index (χ1v) is 13.7. The van der Waals surface area contributed by atoms with E-state index in [0.717, 1.165) is 25.9 Å². The van der Waals surface area contributed by atoms with Gasteiger partial charge in [-0.05, 0) is 65.1 Å². The molecule has 0 spiro atoms. The van der Waals surface area contributed by atoms with E-state index in [9.17, 15) is 19.2 Å². The highest BCUT2D eigenvalue weighted by Gasteiger charge is 2.46. The molecule has 11 heteroatoms. The molecule has 0 bridgehead atoms. The monoisotopic (exact) mass is 516 g/mol. The van der Waals surface area contributed by atoms with Crippen LogP contribution in [0.25, 0.3) is 10.2 Å². The van der Waals surface area contributed by atoms with E-state index in [1.54, 1.807) is 16.7 Å². The van der Waals surface area contributed by atoms with Gasteiger partial charge in [0.15, 0.2) is 0 Å². The second-order valence-electron chi connectivity index (χ2n) is 9.72. The van der Waals surface area contributed by atoms with Gasteiger partial charge < -0.3 is 15.5 Å². The maximum absolute atomic E-state index is 13.5. The van der Waals surface area contributed by atoms with Gasteiger partial charge in [0.1, 0.15) is 16.9 Å². The molecule has 2 aliphatic heterocycles. The number of likely N-dealkylation sites (tertiary alicyclic amines) is 2. The number of hydrogen-bond donors (Lipinski definition) is 1. The molecule has 3 amide bonds. The van der Waals surface area contributed by atoms with E-state index < -0.39 is 5.54 Å². The summed E-state index contributed by atoms with van der Waals surface area (Å²) in [5, 5.41) is 0.384. The zero-order valence-corrected chi connectivity index (χ0v) is 22.2. The Bertz CT molecular complexity index is 1200. The van der Waals surface area contributed by atoms with Gasteiger partial charge in [0.2, 0.25) is 11.8 Å². The number of nitrogens with zero attached hydrogens (tertiary/aromatic N) is 5. The Balaban J connectivity index is 1.54. The third-order valence-electron chi connectivity index (χ3n) is 7.83. The van der Waals surface area contributed by atoms with Crippen LogP contribution in [-0.2, 0) is 16.1 Å². The first-order chi connectivity index (χ1) is 17.2. The Labute approximate surface area is 215 Å². The van der Waals surface area contributed by atoms with E-state index in [2.05, 4.69) is 9.88 Å². The van der Waals surface area contributed by atoms with Crippen molar-refractivity contribution in [2.45, 2.75) is 65.0 Å². The molecule has 0 aliphatic carbocycles. The van der Waals surface area contributed by atoms with Crippen molar-refractivity contribution in [3.63, 3.8) is 0 Å². The van der Waals surface area contributed by atoms with E-state index in [0.29, 0.717) is 59.7 Å². The minimum Gasteiger partial charge on any atom is -0.368 e. The quantitative estimate of drug-likeness (QED) is 0.596. The molecular formula is C25H36N6O4S. The Morgan fingerprint density at radius 3 is 2.31 bits per heavy atom. The molecule has 0 unspecified atom stereocenters. The lowest BCUT2D eigenvalue weighted by molar-refractivity contribution is -0.134. The number of primary amides is 1. The van der Waals surface area contributed by atoms with Crippen LogP contribution >= 0.6 is 11.3 Å². The number of carbonyl (C=O) groups excluding carboxylic acids is 3. The fourth-order valence-corrected chi connectivity index (χ4v) is 6.67. The molecule has 2 aliphatic rings. The van der Waals surface area contributed by atoms with Gasteiger partial charge in [-0.2, -0.15) is 0 Å². The lowest BCUT2D eigenvalue weighted by atomic mass is 9.83. The van der Waals surface area contributed by atoms with Gasteiger partial charge in [0, 0.05) is 26.2 Å². The summed E-state index contributed by atoms with van der Waals surface area (Å²) < 4.78 is 1.32. The first-order valence-electron chi connectivity index (χ1n) is 12.8. The Morgan fingerprint density at radius 2 is 1.72 bits per heavy atom. The summed E-state index contributed by atoms with van der Waals surface area (Å²) >= 11 is 1.20. The zero-order chi connectivity index (χ0) is 26.0. The summed E-state index contributed by atoms with van der Waals surface area (Å²) in [5.74, 6) is -0.608. The second kappa shape index (κ2) is 10.7.